The largest absolute Gasteiger partial charge is 0.465 e. The van der Waals surface area contributed by atoms with E-state index in [2.05, 4.69) is 15.4 Å². The molecule has 114 valence electrons. The third kappa shape index (κ3) is 4.20. The molecule has 1 heterocycles. The van der Waals surface area contributed by atoms with Crippen molar-refractivity contribution < 1.29 is 23.1 Å². The van der Waals surface area contributed by atoms with E-state index in [-0.39, 0.29) is 5.69 Å². The second-order valence-electron chi connectivity index (χ2n) is 4.15. The van der Waals surface area contributed by atoms with Crippen molar-refractivity contribution in [1.82, 2.24) is 0 Å². The molecule has 0 aliphatic heterocycles. The maximum absolute atomic E-state index is 13.5. The molecular weight excluding hydrogens is 291 g/mol. The normalized spacial score (nSPS) is 10.5. The lowest BCUT2D eigenvalue weighted by Gasteiger charge is -2.08. The molecule has 0 radical (unpaired) electrons. The van der Waals surface area contributed by atoms with Crippen LogP contribution in [-0.2, 0) is 9.53 Å². The Bertz CT molecular complexity index is 696. The van der Waals surface area contributed by atoms with Crippen molar-refractivity contribution in [3.8, 4) is 0 Å². The number of hydrogen-bond donors (Lipinski definition) is 2. The van der Waals surface area contributed by atoms with Crippen LogP contribution in [0.3, 0.4) is 0 Å². The summed E-state index contributed by atoms with van der Waals surface area (Å²) in [5.41, 5.74) is 0.224. The van der Waals surface area contributed by atoms with Gasteiger partial charge in [-0.2, -0.15) is 0 Å². The minimum absolute atomic E-state index is 0.0975. The van der Waals surface area contributed by atoms with Gasteiger partial charge in [0.25, 0.3) is 0 Å². The van der Waals surface area contributed by atoms with Gasteiger partial charge in [0.05, 0.1) is 19.1 Å². The highest BCUT2D eigenvalue weighted by molar-refractivity contribution is 6.02. The number of halogens is 1. The standard InChI is InChI=1S/C15H13FN2O4/c1-21-15(20)18-13-9-10(4-6-12(13)16)17-14(19)7-5-11-3-2-8-22-11/h2-9H,1H3,(H,17,19)(H,18,20)/b7-5+. The number of amides is 2. The zero-order chi connectivity index (χ0) is 15.9. The van der Waals surface area contributed by atoms with Gasteiger partial charge in [0.1, 0.15) is 11.6 Å². The third-order valence-electron chi connectivity index (χ3n) is 2.60. The lowest BCUT2D eigenvalue weighted by Crippen LogP contribution is -2.13. The molecule has 22 heavy (non-hydrogen) atoms. The smallest absolute Gasteiger partial charge is 0.411 e. The fourth-order valence-electron chi connectivity index (χ4n) is 1.59. The number of rotatable bonds is 4. The van der Waals surface area contributed by atoms with Crippen molar-refractivity contribution in [3.05, 3.63) is 54.2 Å². The fraction of sp³-hybridized carbons (Fsp3) is 0.0667. The molecule has 0 saturated carbocycles. The van der Waals surface area contributed by atoms with Crippen molar-refractivity contribution in [3.63, 3.8) is 0 Å². The molecular formula is C15H13FN2O4. The zero-order valence-corrected chi connectivity index (χ0v) is 11.6. The number of hydrogen-bond acceptors (Lipinski definition) is 4. The Balaban J connectivity index is 2.04. The van der Waals surface area contributed by atoms with Gasteiger partial charge in [0.2, 0.25) is 5.91 Å². The predicted molar refractivity (Wildman–Crippen MR) is 78.8 cm³/mol. The van der Waals surface area contributed by atoms with Gasteiger partial charge in [-0.15, -0.1) is 0 Å². The van der Waals surface area contributed by atoms with Gasteiger partial charge in [0.15, 0.2) is 0 Å². The first-order valence-electron chi connectivity index (χ1n) is 6.25. The lowest BCUT2D eigenvalue weighted by atomic mass is 10.2. The molecule has 0 fully saturated rings. The molecule has 7 heteroatoms. The second-order valence-corrected chi connectivity index (χ2v) is 4.15. The first-order valence-corrected chi connectivity index (χ1v) is 6.25. The van der Waals surface area contributed by atoms with Gasteiger partial charge < -0.3 is 14.5 Å². The summed E-state index contributed by atoms with van der Waals surface area (Å²) in [7, 11) is 1.16. The van der Waals surface area contributed by atoms with Crippen LogP contribution in [0, 0.1) is 5.82 Å². The van der Waals surface area contributed by atoms with Crippen LogP contribution in [0.4, 0.5) is 20.6 Å². The van der Waals surface area contributed by atoms with Gasteiger partial charge in [-0.25, -0.2) is 9.18 Å². The van der Waals surface area contributed by atoms with E-state index in [1.807, 2.05) is 0 Å². The summed E-state index contributed by atoms with van der Waals surface area (Å²) in [6.07, 6.45) is 3.45. The zero-order valence-electron chi connectivity index (χ0n) is 11.6. The highest BCUT2D eigenvalue weighted by atomic mass is 19.1. The minimum atomic E-state index is -0.805. The van der Waals surface area contributed by atoms with Crippen molar-refractivity contribution >= 4 is 29.5 Å². The van der Waals surface area contributed by atoms with E-state index in [1.54, 1.807) is 12.1 Å². The summed E-state index contributed by atoms with van der Waals surface area (Å²) in [4.78, 5) is 22.8. The van der Waals surface area contributed by atoms with Crippen LogP contribution in [0.5, 0.6) is 0 Å². The molecule has 1 aromatic heterocycles. The molecule has 6 nitrogen and oxygen atoms in total. The summed E-state index contributed by atoms with van der Waals surface area (Å²) >= 11 is 0. The number of benzene rings is 1. The van der Waals surface area contributed by atoms with E-state index in [1.165, 1.54) is 30.5 Å². The molecule has 0 unspecified atom stereocenters. The number of methoxy groups -OCH3 is 1. The van der Waals surface area contributed by atoms with E-state index < -0.39 is 17.8 Å². The maximum atomic E-state index is 13.5. The molecule has 0 aliphatic rings. The van der Waals surface area contributed by atoms with Gasteiger partial charge in [-0.1, -0.05) is 0 Å². The van der Waals surface area contributed by atoms with Crippen molar-refractivity contribution in [2.75, 3.05) is 17.7 Å². The van der Waals surface area contributed by atoms with Crippen LogP contribution in [-0.4, -0.2) is 19.1 Å². The quantitative estimate of drug-likeness (QED) is 0.850. The first kappa shape index (κ1) is 15.3. The number of anilines is 2. The van der Waals surface area contributed by atoms with Crippen LogP contribution in [0.25, 0.3) is 6.08 Å². The first-order chi connectivity index (χ1) is 10.6. The monoisotopic (exact) mass is 304 g/mol. The predicted octanol–water partition coefficient (Wildman–Crippen LogP) is 3.25. The van der Waals surface area contributed by atoms with Crippen LogP contribution in [0.2, 0.25) is 0 Å². The summed E-state index contributed by atoms with van der Waals surface area (Å²) in [6.45, 7) is 0. The maximum Gasteiger partial charge on any atom is 0.411 e. The molecule has 2 aromatic rings. The molecule has 2 N–H and O–H groups in total. The SMILES string of the molecule is COC(=O)Nc1cc(NC(=O)/C=C/c2ccco2)ccc1F. The molecule has 0 bridgehead atoms. The topological polar surface area (TPSA) is 80.6 Å². The van der Waals surface area contributed by atoms with Gasteiger partial charge >= 0.3 is 6.09 Å². The Hall–Kier alpha value is -3.09. The van der Waals surface area contributed by atoms with Gasteiger partial charge in [-0.05, 0) is 36.4 Å². The van der Waals surface area contributed by atoms with E-state index in [4.69, 9.17) is 4.42 Å². The van der Waals surface area contributed by atoms with Crippen molar-refractivity contribution in [2.45, 2.75) is 0 Å². The minimum Gasteiger partial charge on any atom is -0.465 e. The number of furan rings is 1. The summed E-state index contributed by atoms with van der Waals surface area (Å²) < 4.78 is 23.0. The van der Waals surface area contributed by atoms with E-state index >= 15 is 0 Å². The van der Waals surface area contributed by atoms with Crippen LogP contribution < -0.4 is 10.6 Å². The molecule has 1 aromatic carbocycles. The highest BCUT2D eigenvalue weighted by Gasteiger charge is 2.08. The average Bonchev–Trinajstić information content (AvgIpc) is 3.02. The number of carbonyl (C=O) groups excluding carboxylic acids is 2. The van der Waals surface area contributed by atoms with E-state index in [0.29, 0.717) is 11.4 Å². The molecule has 0 aliphatic carbocycles. The summed E-state index contributed by atoms with van der Waals surface area (Å²) in [5, 5.41) is 4.74. The fourth-order valence-corrected chi connectivity index (χ4v) is 1.59. The molecule has 0 spiro atoms. The molecule has 2 rings (SSSR count). The van der Waals surface area contributed by atoms with Crippen LogP contribution in [0.1, 0.15) is 5.76 Å². The molecule has 0 saturated heterocycles. The van der Waals surface area contributed by atoms with Gasteiger partial charge in [0, 0.05) is 11.8 Å². The molecule has 2 amide bonds. The average molecular weight is 304 g/mol. The van der Waals surface area contributed by atoms with Crippen LogP contribution in [0.15, 0.2) is 47.1 Å². The Kier molecular flexibility index (Phi) is 4.92. The number of nitrogens with one attached hydrogen (secondary N) is 2. The van der Waals surface area contributed by atoms with Crippen molar-refractivity contribution in [1.29, 1.82) is 0 Å². The van der Waals surface area contributed by atoms with Crippen molar-refractivity contribution in [2.24, 2.45) is 0 Å². The second kappa shape index (κ2) is 7.07. The number of carbonyl (C=O) groups is 2. The Morgan fingerprint density at radius 3 is 2.77 bits per heavy atom. The Morgan fingerprint density at radius 2 is 2.09 bits per heavy atom. The summed E-state index contributed by atoms with van der Waals surface area (Å²) in [6, 6.07) is 7.17. The third-order valence-corrected chi connectivity index (χ3v) is 2.60. The molecule has 0 atom stereocenters. The van der Waals surface area contributed by atoms with Gasteiger partial charge in [-0.3, -0.25) is 10.1 Å². The summed E-state index contributed by atoms with van der Waals surface area (Å²) in [5.74, 6) is -0.538. The van der Waals surface area contributed by atoms with E-state index in [9.17, 15) is 14.0 Å². The highest BCUT2D eigenvalue weighted by Crippen LogP contribution is 2.20. The van der Waals surface area contributed by atoms with Crippen LogP contribution >= 0.6 is 0 Å². The Labute approximate surface area is 125 Å². The lowest BCUT2D eigenvalue weighted by molar-refractivity contribution is -0.111. The number of ether oxygens (including phenoxy) is 1. The van der Waals surface area contributed by atoms with E-state index in [0.717, 1.165) is 13.2 Å². The Morgan fingerprint density at radius 1 is 1.27 bits per heavy atom.